The molecule has 1 aliphatic carbocycles. The molecule has 2 rings (SSSR count). The van der Waals surface area contributed by atoms with E-state index in [1.165, 1.54) is 12.8 Å². The lowest BCUT2D eigenvalue weighted by Crippen LogP contribution is -2.34. The number of aliphatic hydroxyl groups is 1. The van der Waals surface area contributed by atoms with E-state index in [-0.39, 0.29) is 12.0 Å². The normalized spacial score (nSPS) is 25.3. The quantitative estimate of drug-likeness (QED) is 0.845. The van der Waals surface area contributed by atoms with E-state index in [9.17, 15) is 5.11 Å². The van der Waals surface area contributed by atoms with E-state index < -0.39 is 0 Å². The van der Waals surface area contributed by atoms with E-state index in [0.29, 0.717) is 19.1 Å². The maximum absolute atomic E-state index is 10.7. The zero-order chi connectivity index (χ0) is 15.2. The van der Waals surface area contributed by atoms with Crippen LogP contribution in [0.4, 0.5) is 0 Å². The minimum Gasteiger partial charge on any atom is -0.494 e. The second-order valence-electron chi connectivity index (χ2n) is 6.35. The number of ether oxygens (including phenoxy) is 1. The molecular formula is C18H29NO2. The lowest BCUT2D eigenvalue weighted by atomic mass is 9.75. The minimum atomic E-state index is -0.333. The Balaban J connectivity index is 2.03. The molecule has 3 nitrogen and oxygen atoms in total. The molecule has 3 N–H and O–H groups in total. The topological polar surface area (TPSA) is 55.5 Å². The van der Waals surface area contributed by atoms with Crippen LogP contribution in [0.1, 0.15) is 51.0 Å². The first kappa shape index (κ1) is 16.3. The summed E-state index contributed by atoms with van der Waals surface area (Å²) in [7, 11) is 0. The van der Waals surface area contributed by atoms with Gasteiger partial charge in [0, 0.05) is 12.5 Å². The van der Waals surface area contributed by atoms with Crippen LogP contribution in [0.15, 0.2) is 24.3 Å². The summed E-state index contributed by atoms with van der Waals surface area (Å²) < 4.78 is 5.47. The van der Waals surface area contributed by atoms with Gasteiger partial charge in [-0.25, -0.2) is 0 Å². The minimum absolute atomic E-state index is 0.0269. The third kappa shape index (κ3) is 4.21. The van der Waals surface area contributed by atoms with Crippen molar-refractivity contribution in [3.05, 3.63) is 29.8 Å². The van der Waals surface area contributed by atoms with Crippen molar-refractivity contribution in [2.24, 2.45) is 17.6 Å². The highest BCUT2D eigenvalue weighted by Crippen LogP contribution is 2.35. The fourth-order valence-corrected chi connectivity index (χ4v) is 3.41. The maximum atomic E-state index is 10.7. The first-order valence-electron chi connectivity index (χ1n) is 8.26. The highest BCUT2D eigenvalue weighted by atomic mass is 16.5. The van der Waals surface area contributed by atoms with Crippen molar-refractivity contribution in [3.63, 3.8) is 0 Å². The predicted molar refractivity (Wildman–Crippen MR) is 86.5 cm³/mol. The standard InChI is InChI=1S/C18H29NO2/c1-3-21-16-10-8-14(9-11-16)17(12-19)18(20)15-6-4-13(2)5-7-15/h8-11,13,15,17-18,20H,3-7,12,19H2,1-2H3. The predicted octanol–water partition coefficient (Wildman–Crippen LogP) is 3.31. The van der Waals surface area contributed by atoms with Crippen LogP contribution in [-0.4, -0.2) is 24.4 Å². The number of hydrogen-bond donors (Lipinski definition) is 2. The van der Waals surface area contributed by atoms with Crippen LogP contribution in [0, 0.1) is 11.8 Å². The molecule has 1 fully saturated rings. The monoisotopic (exact) mass is 291 g/mol. The molecule has 21 heavy (non-hydrogen) atoms. The molecule has 1 aromatic rings. The van der Waals surface area contributed by atoms with Crippen LogP contribution in [0.25, 0.3) is 0 Å². The number of nitrogens with two attached hydrogens (primary N) is 1. The molecule has 118 valence electrons. The number of benzene rings is 1. The zero-order valence-corrected chi connectivity index (χ0v) is 13.3. The third-order valence-electron chi connectivity index (χ3n) is 4.83. The molecule has 0 spiro atoms. The summed E-state index contributed by atoms with van der Waals surface area (Å²) in [5.41, 5.74) is 7.06. The van der Waals surface area contributed by atoms with Crippen LogP contribution >= 0.6 is 0 Å². The van der Waals surface area contributed by atoms with Gasteiger partial charge in [0.05, 0.1) is 12.7 Å². The largest absolute Gasteiger partial charge is 0.494 e. The molecule has 0 heterocycles. The van der Waals surface area contributed by atoms with Crippen molar-refractivity contribution in [2.45, 2.75) is 51.6 Å². The third-order valence-corrected chi connectivity index (χ3v) is 4.83. The van der Waals surface area contributed by atoms with Crippen LogP contribution in [0.3, 0.4) is 0 Å². The molecule has 3 heteroatoms. The molecule has 1 aromatic carbocycles. The number of rotatable bonds is 6. The Morgan fingerprint density at radius 1 is 1.19 bits per heavy atom. The smallest absolute Gasteiger partial charge is 0.119 e. The van der Waals surface area contributed by atoms with E-state index in [1.807, 2.05) is 31.2 Å². The molecular weight excluding hydrogens is 262 g/mol. The summed E-state index contributed by atoms with van der Waals surface area (Å²) in [5, 5.41) is 10.7. The van der Waals surface area contributed by atoms with Gasteiger partial charge in [-0.05, 0) is 49.3 Å². The van der Waals surface area contributed by atoms with Crippen LogP contribution in [0.5, 0.6) is 5.75 Å². The molecule has 0 aromatic heterocycles. The van der Waals surface area contributed by atoms with E-state index in [4.69, 9.17) is 10.5 Å². The van der Waals surface area contributed by atoms with Crippen molar-refractivity contribution in [2.75, 3.05) is 13.2 Å². The highest BCUT2D eigenvalue weighted by molar-refractivity contribution is 5.30. The Hall–Kier alpha value is -1.06. The fourth-order valence-electron chi connectivity index (χ4n) is 3.41. The van der Waals surface area contributed by atoms with Gasteiger partial charge >= 0.3 is 0 Å². The highest BCUT2D eigenvalue weighted by Gasteiger charge is 2.30. The molecule has 1 aliphatic rings. The molecule has 2 unspecified atom stereocenters. The van der Waals surface area contributed by atoms with E-state index in [2.05, 4.69) is 6.92 Å². The summed E-state index contributed by atoms with van der Waals surface area (Å²) in [4.78, 5) is 0. The second-order valence-corrected chi connectivity index (χ2v) is 6.35. The average molecular weight is 291 g/mol. The Kier molecular flexibility index (Phi) is 6.07. The molecule has 0 amide bonds. The summed E-state index contributed by atoms with van der Waals surface area (Å²) >= 11 is 0. The van der Waals surface area contributed by atoms with Crippen LogP contribution in [-0.2, 0) is 0 Å². The maximum Gasteiger partial charge on any atom is 0.119 e. The van der Waals surface area contributed by atoms with Crippen molar-refractivity contribution >= 4 is 0 Å². The summed E-state index contributed by atoms with van der Waals surface area (Å²) in [6.07, 6.45) is 4.36. The van der Waals surface area contributed by atoms with Gasteiger partial charge in [0.25, 0.3) is 0 Å². The SMILES string of the molecule is CCOc1ccc(C(CN)C(O)C2CCC(C)CC2)cc1. The lowest BCUT2D eigenvalue weighted by molar-refractivity contribution is 0.0548. The molecule has 0 radical (unpaired) electrons. The van der Waals surface area contributed by atoms with Gasteiger partial charge in [0.15, 0.2) is 0 Å². The Morgan fingerprint density at radius 3 is 2.33 bits per heavy atom. The van der Waals surface area contributed by atoms with Crippen LogP contribution in [0.2, 0.25) is 0 Å². The summed E-state index contributed by atoms with van der Waals surface area (Å²) in [5.74, 6) is 2.09. The van der Waals surface area contributed by atoms with E-state index in [0.717, 1.165) is 30.1 Å². The summed E-state index contributed by atoms with van der Waals surface area (Å²) in [6, 6.07) is 8.02. The Bertz CT molecular complexity index is 410. The van der Waals surface area contributed by atoms with Gasteiger partial charge in [0.1, 0.15) is 5.75 Å². The first-order valence-corrected chi connectivity index (χ1v) is 8.26. The molecule has 1 saturated carbocycles. The molecule has 0 saturated heterocycles. The second kappa shape index (κ2) is 7.81. The van der Waals surface area contributed by atoms with E-state index >= 15 is 0 Å². The number of hydrogen-bond acceptors (Lipinski definition) is 3. The van der Waals surface area contributed by atoms with Gasteiger partial charge in [-0.1, -0.05) is 31.9 Å². The number of aliphatic hydroxyl groups excluding tert-OH is 1. The Morgan fingerprint density at radius 2 is 1.81 bits per heavy atom. The fraction of sp³-hybridized carbons (Fsp3) is 0.667. The van der Waals surface area contributed by atoms with Crippen LogP contribution < -0.4 is 10.5 Å². The van der Waals surface area contributed by atoms with Crippen molar-refractivity contribution < 1.29 is 9.84 Å². The Labute approximate surface area is 128 Å². The van der Waals surface area contributed by atoms with Crippen molar-refractivity contribution in [1.82, 2.24) is 0 Å². The van der Waals surface area contributed by atoms with Gasteiger partial charge in [-0.3, -0.25) is 0 Å². The van der Waals surface area contributed by atoms with Gasteiger partial charge in [0.2, 0.25) is 0 Å². The van der Waals surface area contributed by atoms with Gasteiger partial charge < -0.3 is 15.6 Å². The van der Waals surface area contributed by atoms with Crippen molar-refractivity contribution in [1.29, 1.82) is 0 Å². The average Bonchev–Trinajstić information content (AvgIpc) is 2.50. The van der Waals surface area contributed by atoms with Crippen molar-refractivity contribution in [3.8, 4) is 5.75 Å². The lowest BCUT2D eigenvalue weighted by Gasteiger charge is -2.34. The van der Waals surface area contributed by atoms with Gasteiger partial charge in [-0.2, -0.15) is 0 Å². The first-order chi connectivity index (χ1) is 10.2. The summed E-state index contributed by atoms with van der Waals surface area (Å²) in [6.45, 7) is 5.43. The molecule has 0 bridgehead atoms. The molecule has 2 atom stereocenters. The molecule has 0 aliphatic heterocycles. The van der Waals surface area contributed by atoms with E-state index in [1.54, 1.807) is 0 Å². The van der Waals surface area contributed by atoms with Gasteiger partial charge in [-0.15, -0.1) is 0 Å². The zero-order valence-electron chi connectivity index (χ0n) is 13.3.